The summed E-state index contributed by atoms with van der Waals surface area (Å²) in [6, 6.07) is 0. The number of likely N-dealkylation sites (N-methyl/N-ethyl adjacent to an activating group) is 1. The van der Waals surface area contributed by atoms with E-state index in [1.54, 1.807) is 0 Å². The molecule has 2 unspecified atom stereocenters. The topological polar surface area (TPSA) is 55.8 Å². The molecule has 16 heavy (non-hydrogen) atoms. The Labute approximate surface area is 96.5 Å². The average Bonchev–Trinajstić information content (AvgIpc) is 2.38. The SMILES string of the molecule is CCOCC(O)C[N+]1(C)CCOC(=O)CC1. The molecule has 94 valence electrons. The van der Waals surface area contributed by atoms with Crippen LogP contribution >= 0.6 is 0 Å². The molecule has 0 spiro atoms. The second-order valence-electron chi connectivity index (χ2n) is 4.53. The predicted octanol–water partition coefficient (Wildman–Crippen LogP) is -0.223. The number of carbonyl (C=O) groups excluding carboxylic acids is 1. The minimum absolute atomic E-state index is 0.138. The second kappa shape index (κ2) is 6.18. The van der Waals surface area contributed by atoms with Crippen molar-refractivity contribution in [3.63, 3.8) is 0 Å². The van der Waals surface area contributed by atoms with E-state index in [0.717, 1.165) is 13.1 Å². The van der Waals surface area contributed by atoms with Crippen LogP contribution in [0.3, 0.4) is 0 Å². The first-order chi connectivity index (χ1) is 7.56. The minimum Gasteiger partial charge on any atom is -0.460 e. The van der Waals surface area contributed by atoms with Gasteiger partial charge in [0.25, 0.3) is 0 Å². The van der Waals surface area contributed by atoms with Crippen LogP contribution < -0.4 is 0 Å². The molecule has 1 fully saturated rings. The molecule has 0 amide bonds. The predicted molar refractivity (Wildman–Crippen MR) is 58.9 cm³/mol. The molecule has 0 aromatic heterocycles. The van der Waals surface area contributed by atoms with Crippen molar-refractivity contribution in [1.82, 2.24) is 0 Å². The zero-order valence-corrected chi connectivity index (χ0v) is 10.1. The molecule has 1 aliphatic rings. The van der Waals surface area contributed by atoms with Gasteiger partial charge in [-0.1, -0.05) is 0 Å². The van der Waals surface area contributed by atoms with Gasteiger partial charge in [0.1, 0.15) is 25.8 Å². The van der Waals surface area contributed by atoms with Gasteiger partial charge in [-0.15, -0.1) is 0 Å². The first-order valence-corrected chi connectivity index (χ1v) is 5.81. The fourth-order valence-corrected chi connectivity index (χ4v) is 1.92. The van der Waals surface area contributed by atoms with E-state index in [2.05, 4.69) is 0 Å². The largest absolute Gasteiger partial charge is 0.460 e. The average molecular weight is 232 g/mol. The fraction of sp³-hybridized carbons (Fsp3) is 0.909. The maximum absolute atomic E-state index is 11.1. The number of hydrogen-bond donors (Lipinski definition) is 1. The normalized spacial score (nSPS) is 28.3. The Morgan fingerprint density at radius 1 is 1.56 bits per heavy atom. The van der Waals surface area contributed by atoms with Crippen LogP contribution in [0.25, 0.3) is 0 Å². The number of quaternary nitrogens is 1. The van der Waals surface area contributed by atoms with Crippen LogP contribution in [-0.4, -0.2) is 68.2 Å². The summed E-state index contributed by atoms with van der Waals surface area (Å²) in [6.45, 7) is 5.41. The molecule has 0 saturated carbocycles. The maximum Gasteiger partial charge on any atom is 0.311 e. The van der Waals surface area contributed by atoms with Crippen LogP contribution in [0.4, 0.5) is 0 Å². The summed E-state index contributed by atoms with van der Waals surface area (Å²) in [5.74, 6) is -0.138. The molecule has 0 aromatic carbocycles. The van der Waals surface area contributed by atoms with E-state index >= 15 is 0 Å². The number of cyclic esters (lactones) is 1. The zero-order chi connectivity index (χ0) is 12.0. The summed E-state index contributed by atoms with van der Waals surface area (Å²) in [6.07, 6.45) is -0.0455. The molecule has 5 heteroatoms. The second-order valence-corrected chi connectivity index (χ2v) is 4.53. The van der Waals surface area contributed by atoms with Crippen LogP contribution in [0.1, 0.15) is 13.3 Å². The number of aliphatic hydroxyl groups is 1. The fourth-order valence-electron chi connectivity index (χ4n) is 1.92. The van der Waals surface area contributed by atoms with Crippen molar-refractivity contribution in [2.24, 2.45) is 0 Å². The summed E-state index contributed by atoms with van der Waals surface area (Å²) in [4.78, 5) is 11.1. The van der Waals surface area contributed by atoms with E-state index in [-0.39, 0.29) is 5.97 Å². The summed E-state index contributed by atoms with van der Waals surface area (Å²) in [7, 11) is 2.04. The van der Waals surface area contributed by atoms with E-state index in [1.807, 2.05) is 14.0 Å². The number of hydrogen-bond acceptors (Lipinski definition) is 4. The van der Waals surface area contributed by atoms with Gasteiger partial charge in [0.2, 0.25) is 0 Å². The van der Waals surface area contributed by atoms with E-state index in [0.29, 0.717) is 37.3 Å². The van der Waals surface area contributed by atoms with Crippen LogP contribution in [-0.2, 0) is 14.3 Å². The molecule has 1 aliphatic heterocycles. The molecule has 1 heterocycles. The Balaban J connectivity index is 2.40. The quantitative estimate of drug-likeness (QED) is 0.526. The number of ether oxygens (including phenoxy) is 2. The molecule has 0 aromatic rings. The van der Waals surface area contributed by atoms with Crippen molar-refractivity contribution < 1.29 is 23.9 Å². The van der Waals surface area contributed by atoms with Crippen molar-refractivity contribution in [2.75, 3.05) is 46.5 Å². The summed E-state index contributed by atoms with van der Waals surface area (Å²) >= 11 is 0. The summed E-state index contributed by atoms with van der Waals surface area (Å²) in [5, 5.41) is 9.79. The lowest BCUT2D eigenvalue weighted by Gasteiger charge is -2.34. The van der Waals surface area contributed by atoms with Gasteiger partial charge in [0.05, 0.1) is 26.6 Å². The molecule has 0 bridgehead atoms. The first-order valence-electron chi connectivity index (χ1n) is 5.81. The molecule has 1 saturated heterocycles. The Bertz CT molecular complexity index is 234. The minimum atomic E-state index is -0.474. The first kappa shape index (κ1) is 13.4. The Hall–Kier alpha value is -0.650. The highest BCUT2D eigenvalue weighted by Gasteiger charge is 2.29. The Kier molecular flexibility index (Phi) is 5.18. The van der Waals surface area contributed by atoms with Crippen molar-refractivity contribution >= 4 is 5.97 Å². The van der Waals surface area contributed by atoms with Gasteiger partial charge in [0, 0.05) is 6.61 Å². The Morgan fingerprint density at radius 3 is 3.00 bits per heavy atom. The van der Waals surface area contributed by atoms with Crippen LogP contribution in [0, 0.1) is 0 Å². The molecule has 1 rings (SSSR count). The molecule has 1 N–H and O–H groups in total. The van der Waals surface area contributed by atoms with E-state index < -0.39 is 6.10 Å². The van der Waals surface area contributed by atoms with Gasteiger partial charge < -0.3 is 19.1 Å². The van der Waals surface area contributed by atoms with Crippen LogP contribution in [0.15, 0.2) is 0 Å². The lowest BCUT2D eigenvalue weighted by Crippen LogP contribution is -2.51. The van der Waals surface area contributed by atoms with Gasteiger partial charge >= 0.3 is 5.97 Å². The van der Waals surface area contributed by atoms with Gasteiger partial charge in [-0.3, -0.25) is 4.79 Å². The van der Waals surface area contributed by atoms with Crippen molar-refractivity contribution in [2.45, 2.75) is 19.4 Å². The highest BCUT2D eigenvalue weighted by atomic mass is 16.5. The third-order valence-corrected chi connectivity index (χ3v) is 2.92. The van der Waals surface area contributed by atoms with Gasteiger partial charge in [-0.2, -0.15) is 0 Å². The van der Waals surface area contributed by atoms with E-state index in [4.69, 9.17) is 9.47 Å². The van der Waals surface area contributed by atoms with Gasteiger partial charge in [0.15, 0.2) is 0 Å². The number of carbonyl (C=O) groups is 1. The van der Waals surface area contributed by atoms with Gasteiger partial charge in [-0.05, 0) is 6.92 Å². The molecular weight excluding hydrogens is 210 g/mol. The van der Waals surface area contributed by atoms with Gasteiger partial charge in [-0.25, -0.2) is 0 Å². The monoisotopic (exact) mass is 232 g/mol. The van der Waals surface area contributed by atoms with Crippen molar-refractivity contribution in [1.29, 1.82) is 0 Å². The zero-order valence-electron chi connectivity index (χ0n) is 10.1. The van der Waals surface area contributed by atoms with Crippen LogP contribution in [0.5, 0.6) is 0 Å². The standard InChI is InChI=1S/C11H22NO4/c1-3-15-9-10(13)8-12(2)5-4-11(14)16-7-6-12/h10,13H,3-9H2,1-2H3/q+1. The van der Waals surface area contributed by atoms with Crippen LogP contribution in [0.2, 0.25) is 0 Å². The molecule has 5 nitrogen and oxygen atoms in total. The molecule has 0 radical (unpaired) electrons. The van der Waals surface area contributed by atoms with Crippen molar-refractivity contribution in [3.8, 4) is 0 Å². The highest BCUT2D eigenvalue weighted by molar-refractivity contribution is 5.69. The third-order valence-electron chi connectivity index (χ3n) is 2.92. The lowest BCUT2D eigenvalue weighted by atomic mass is 10.2. The number of esters is 1. The molecule has 0 aliphatic carbocycles. The summed E-state index contributed by atoms with van der Waals surface area (Å²) in [5.41, 5.74) is 0. The lowest BCUT2D eigenvalue weighted by molar-refractivity contribution is -0.910. The van der Waals surface area contributed by atoms with Crippen molar-refractivity contribution in [3.05, 3.63) is 0 Å². The molecule has 2 atom stereocenters. The number of aliphatic hydroxyl groups excluding tert-OH is 1. The summed E-state index contributed by atoms with van der Waals surface area (Å²) < 4.78 is 10.8. The van der Waals surface area contributed by atoms with E-state index in [1.165, 1.54) is 0 Å². The molecular formula is C11H22NO4+. The maximum atomic E-state index is 11.1. The van der Waals surface area contributed by atoms with E-state index in [9.17, 15) is 9.90 Å². The number of nitrogens with zero attached hydrogens (tertiary/aromatic N) is 1. The third kappa shape index (κ3) is 4.47. The smallest absolute Gasteiger partial charge is 0.311 e. The Morgan fingerprint density at radius 2 is 2.31 bits per heavy atom. The number of rotatable bonds is 5. The highest BCUT2D eigenvalue weighted by Crippen LogP contribution is 2.10.